The lowest BCUT2D eigenvalue weighted by Gasteiger charge is -2.54. The monoisotopic (exact) mass is 539 g/mol. The van der Waals surface area contributed by atoms with Gasteiger partial charge in [-0.15, -0.1) is 10.2 Å². The number of carbonyl (C=O) groups excluding carboxylic acids is 2. The highest BCUT2D eigenvalue weighted by Gasteiger charge is 2.47. The van der Waals surface area contributed by atoms with Gasteiger partial charge in [-0.05, 0) is 70.7 Å². The van der Waals surface area contributed by atoms with Crippen LogP contribution < -0.4 is 15.0 Å². The quantitative estimate of drug-likeness (QED) is 0.573. The Kier molecular flexibility index (Phi) is 7.70. The van der Waals surface area contributed by atoms with Gasteiger partial charge in [-0.3, -0.25) is 9.59 Å². The molecule has 1 aromatic heterocycles. The predicted octanol–water partition coefficient (Wildman–Crippen LogP) is 3.10. The van der Waals surface area contributed by atoms with Crippen LogP contribution >= 0.6 is 0 Å². The minimum atomic E-state index is -0.518. The van der Waals surface area contributed by atoms with Crippen LogP contribution in [0.4, 0.5) is 10.2 Å². The Morgan fingerprint density at radius 1 is 1.26 bits per heavy atom. The highest BCUT2D eigenvalue weighted by Crippen LogP contribution is 2.44. The summed E-state index contributed by atoms with van der Waals surface area (Å²) in [6.45, 7) is 12.3. The molecule has 0 saturated carbocycles. The molecule has 10 nitrogen and oxygen atoms in total. The number of hydrogen-bond acceptors (Lipinski definition) is 8. The molecule has 0 bridgehead atoms. The lowest BCUT2D eigenvalue weighted by Crippen LogP contribution is -2.62. The molecule has 4 heterocycles. The number of carbonyl (C=O) groups is 2. The zero-order valence-electron chi connectivity index (χ0n) is 23.2. The van der Waals surface area contributed by atoms with Gasteiger partial charge in [-0.2, -0.15) is 0 Å². The van der Waals surface area contributed by atoms with Crippen molar-refractivity contribution in [1.29, 1.82) is 0 Å². The van der Waals surface area contributed by atoms with E-state index in [1.54, 1.807) is 4.90 Å². The van der Waals surface area contributed by atoms with Gasteiger partial charge in [0.2, 0.25) is 5.91 Å². The number of aromatic nitrogens is 3. The summed E-state index contributed by atoms with van der Waals surface area (Å²) in [7, 11) is 0. The van der Waals surface area contributed by atoms with Crippen molar-refractivity contribution in [3.05, 3.63) is 35.9 Å². The fourth-order valence-electron chi connectivity index (χ4n) is 6.05. The Hall–Kier alpha value is -3.34. The standard InChI is InChI=1S/C28H38FN7O3/c1-5-36(18(2)3)26(37)21-13-20(29)6-7-23(21)39-25-24(31-17-32-33-25)35-15-28(16-35)8-10-34(11-9-28)27(38)22-12-19(4)14-30-22/h6-7,13,17-19,22,30H,5,8-12,14-16H2,1-4H3/t19-,22+/m1/s1. The summed E-state index contributed by atoms with van der Waals surface area (Å²) in [4.78, 5) is 36.3. The number of nitrogens with one attached hydrogen (secondary N) is 1. The third kappa shape index (κ3) is 5.54. The number of piperidine rings is 1. The highest BCUT2D eigenvalue weighted by molar-refractivity contribution is 5.97. The average Bonchev–Trinajstić information content (AvgIpc) is 3.34. The number of halogens is 1. The molecule has 1 aromatic carbocycles. The van der Waals surface area contributed by atoms with Crippen LogP contribution in [0.15, 0.2) is 24.5 Å². The van der Waals surface area contributed by atoms with Gasteiger partial charge >= 0.3 is 0 Å². The largest absolute Gasteiger partial charge is 0.434 e. The molecule has 5 rings (SSSR count). The molecule has 11 heteroatoms. The van der Waals surface area contributed by atoms with Crippen molar-refractivity contribution in [2.24, 2.45) is 11.3 Å². The maximum atomic E-state index is 14.2. The van der Waals surface area contributed by atoms with Crippen LogP contribution in [0.3, 0.4) is 0 Å². The van der Waals surface area contributed by atoms with Crippen LogP contribution in [-0.4, -0.2) is 88.1 Å². The van der Waals surface area contributed by atoms with E-state index in [1.807, 2.05) is 25.7 Å². The Balaban J connectivity index is 1.26. The van der Waals surface area contributed by atoms with E-state index >= 15 is 0 Å². The molecular weight excluding hydrogens is 501 g/mol. The van der Waals surface area contributed by atoms with Crippen LogP contribution in [0, 0.1) is 17.2 Å². The van der Waals surface area contributed by atoms with Crippen molar-refractivity contribution in [2.75, 3.05) is 44.2 Å². The SMILES string of the molecule is CCN(C(=O)c1cc(F)ccc1Oc1nncnc1N1CC2(CCN(C(=O)[C@@H]3C[C@@H](C)CN3)CC2)C1)C(C)C. The van der Waals surface area contributed by atoms with Gasteiger partial charge in [-0.25, -0.2) is 9.37 Å². The Morgan fingerprint density at radius 2 is 2.00 bits per heavy atom. The molecule has 2 amide bonds. The van der Waals surface area contributed by atoms with E-state index < -0.39 is 5.82 Å². The summed E-state index contributed by atoms with van der Waals surface area (Å²) in [6, 6.07) is 3.80. The second kappa shape index (κ2) is 11.0. The average molecular weight is 540 g/mol. The molecule has 1 N–H and O–H groups in total. The van der Waals surface area contributed by atoms with Crippen molar-refractivity contribution < 1.29 is 18.7 Å². The van der Waals surface area contributed by atoms with E-state index in [0.717, 1.165) is 52.0 Å². The smallest absolute Gasteiger partial charge is 0.282 e. The molecule has 1 spiro atoms. The van der Waals surface area contributed by atoms with Crippen LogP contribution in [0.25, 0.3) is 0 Å². The van der Waals surface area contributed by atoms with Crippen molar-refractivity contribution in [3.8, 4) is 11.6 Å². The zero-order chi connectivity index (χ0) is 27.7. The number of nitrogens with zero attached hydrogens (tertiary/aromatic N) is 6. The lowest BCUT2D eigenvalue weighted by atomic mass is 9.72. The van der Waals surface area contributed by atoms with E-state index in [-0.39, 0.29) is 46.5 Å². The molecule has 3 saturated heterocycles. The number of benzene rings is 1. The minimum absolute atomic E-state index is 0.0492. The second-order valence-electron chi connectivity index (χ2n) is 11.5. The molecular formula is C28H38FN7O3. The summed E-state index contributed by atoms with van der Waals surface area (Å²) < 4.78 is 20.3. The first kappa shape index (κ1) is 27.2. The van der Waals surface area contributed by atoms with Gasteiger partial charge in [-0.1, -0.05) is 6.92 Å². The predicted molar refractivity (Wildman–Crippen MR) is 144 cm³/mol. The van der Waals surface area contributed by atoms with Crippen molar-refractivity contribution in [2.45, 2.75) is 59.0 Å². The van der Waals surface area contributed by atoms with E-state index in [4.69, 9.17) is 4.74 Å². The number of likely N-dealkylation sites (tertiary alicyclic amines) is 1. The topological polar surface area (TPSA) is 104 Å². The number of ether oxygens (including phenoxy) is 1. The lowest BCUT2D eigenvalue weighted by molar-refractivity contribution is -0.135. The van der Waals surface area contributed by atoms with Gasteiger partial charge in [0.05, 0.1) is 11.6 Å². The van der Waals surface area contributed by atoms with E-state index in [0.29, 0.717) is 18.3 Å². The number of hydrogen-bond donors (Lipinski definition) is 1. The fraction of sp³-hybridized carbons (Fsp3) is 0.607. The third-order valence-corrected chi connectivity index (χ3v) is 8.31. The van der Waals surface area contributed by atoms with Gasteiger partial charge in [0, 0.05) is 44.2 Å². The Bertz CT molecular complexity index is 1210. The maximum absolute atomic E-state index is 14.2. The van der Waals surface area contributed by atoms with E-state index in [2.05, 4.69) is 32.3 Å². The summed E-state index contributed by atoms with van der Waals surface area (Å²) in [5.74, 6) is 0.860. The summed E-state index contributed by atoms with van der Waals surface area (Å²) >= 11 is 0. The first-order chi connectivity index (χ1) is 18.7. The summed E-state index contributed by atoms with van der Waals surface area (Å²) in [5.41, 5.74) is 0.246. The first-order valence-electron chi connectivity index (χ1n) is 13.9. The Morgan fingerprint density at radius 3 is 2.64 bits per heavy atom. The van der Waals surface area contributed by atoms with Gasteiger partial charge in [0.1, 0.15) is 17.9 Å². The molecule has 3 aliphatic heterocycles. The maximum Gasteiger partial charge on any atom is 0.282 e. The minimum Gasteiger partial charge on any atom is -0.434 e. The molecule has 0 aliphatic carbocycles. The van der Waals surface area contributed by atoms with Crippen LogP contribution in [0.5, 0.6) is 11.6 Å². The summed E-state index contributed by atoms with van der Waals surface area (Å²) in [6.07, 6.45) is 4.15. The van der Waals surface area contributed by atoms with Crippen LogP contribution in [-0.2, 0) is 4.79 Å². The van der Waals surface area contributed by atoms with Gasteiger partial charge < -0.3 is 24.8 Å². The van der Waals surface area contributed by atoms with Gasteiger partial charge in [0.25, 0.3) is 11.8 Å². The zero-order valence-corrected chi connectivity index (χ0v) is 23.2. The summed E-state index contributed by atoms with van der Waals surface area (Å²) in [5, 5.41) is 11.4. The highest BCUT2D eigenvalue weighted by atomic mass is 19.1. The number of amides is 2. The first-order valence-corrected chi connectivity index (χ1v) is 13.9. The van der Waals surface area contributed by atoms with Crippen LogP contribution in [0.1, 0.15) is 57.3 Å². The molecule has 3 fully saturated rings. The van der Waals surface area contributed by atoms with Gasteiger partial charge in [0.15, 0.2) is 5.82 Å². The molecule has 2 aromatic rings. The molecule has 0 radical (unpaired) electrons. The van der Waals surface area contributed by atoms with E-state index in [1.165, 1.54) is 24.5 Å². The molecule has 210 valence electrons. The van der Waals surface area contributed by atoms with Crippen molar-refractivity contribution in [1.82, 2.24) is 30.3 Å². The molecule has 3 aliphatic rings. The molecule has 39 heavy (non-hydrogen) atoms. The normalized spacial score (nSPS) is 22.2. The van der Waals surface area contributed by atoms with Crippen molar-refractivity contribution >= 4 is 17.6 Å². The van der Waals surface area contributed by atoms with Crippen LogP contribution in [0.2, 0.25) is 0 Å². The third-order valence-electron chi connectivity index (χ3n) is 8.31. The number of anilines is 1. The second-order valence-corrected chi connectivity index (χ2v) is 11.5. The Labute approximate surface area is 228 Å². The van der Waals surface area contributed by atoms with E-state index in [9.17, 15) is 14.0 Å². The number of rotatable bonds is 7. The van der Waals surface area contributed by atoms with Crippen molar-refractivity contribution in [3.63, 3.8) is 0 Å². The fourth-order valence-corrected chi connectivity index (χ4v) is 6.05. The molecule has 2 atom stereocenters. The molecule has 0 unspecified atom stereocenters.